The normalized spacial score (nSPS) is 18.0. The Bertz CT molecular complexity index is 627. The van der Waals surface area contributed by atoms with Crippen LogP contribution in [0.15, 0.2) is 24.3 Å². The van der Waals surface area contributed by atoms with Gasteiger partial charge in [0, 0.05) is 23.7 Å². The van der Waals surface area contributed by atoms with Crippen LogP contribution in [-0.4, -0.2) is 37.0 Å². The average molecular weight is 339 g/mol. The number of amides is 2. The Morgan fingerprint density at radius 3 is 2.48 bits per heavy atom. The van der Waals surface area contributed by atoms with Crippen molar-refractivity contribution in [1.29, 1.82) is 0 Å². The maximum atomic E-state index is 12.3. The molecule has 0 bridgehead atoms. The second-order valence-corrected chi connectivity index (χ2v) is 6.42. The number of benzene rings is 1. The number of rotatable bonds is 4. The van der Waals surface area contributed by atoms with Crippen molar-refractivity contribution in [3.8, 4) is 0 Å². The molecule has 6 nitrogen and oxygen atoms in total. The maximum Gasteiger partial charge on any atom is 0.330 e. The number of carbonyl (C=O) groups is 3. The van der Waals surface area contributed by atoms with Crippen molar-refractivity contribution in [2.24, 2.45) is 5.92 Å². The Balaban J connectivity index is 2.06. The molecule has 1 aromatic carbocycles. The Labute approximate surface area is 139 Å². The van der Waals surface area contributed by atoms with E-state index in [0.717, 1.165) is 0 Å². The van der Waals surface area contributed by atoms with E-state index in [-0.39, 0.29) is 24.8 Å². The molecule has 7 heteroatoms. The number of nitrogens with one attached hydrogen (secondary N) is 1. The summed E-state index contributed by atoms with van der Waals surface area (Å²) >= 11 is 5.84. The number of methoxy groups -OCH3 is 1. The zero-order valence-electron chi connectivity index (χ0n) is 13.3. The van der Waals surface area contributed by atoms with Gasteiger partial charge in [0.05, 0.1) is 13.0 Å². The van der Waals surface area contributed by atoms with E-state index in [1.807, 2.05) is 0 Å². The van der Waals surface area contributed by atoms with E-state index < -0.39 is 17.4 Å². The van der Waals surface area contributed by atoms with E-state index in [4.69, 9.17) is 11.6 Å². The standard InChI is InChI=1S/C16H19ClN2O4/c1-16(2,15(22)23-3)18-14(21)10-8-13(20)19(9-10)12-6-4-11(17)5-7-12/h4-7,10H,8-9H2,1-3H3,(H,18,21)/t10-/m0/s1. The molecule has 124 valence electrons. The van der Waals surface area contributed by atoms with Crippen molar-refractivity contribution in [1.82, 2.24) is 5.32 Å². The minimum absolute atomic E-state index is 0.103. The molecule has 1 aliphatic heterocycles. The molecule has 1 fully saturated rings. The SMILES string of the molecule is COC(=O)C(C)(C)NC(=O)[C@H]1CC(=O)N(c2ccc(Cl)cc2)C1. The predicted molar refractivity (Wildman–Crippen MR) is 86.1 cm³/mol. The molecule has 2 amide bonds. The first-order valence-electron chi connectivity index (χ1n) is 7.21. The van der Waals surface area contributed by atoms with Gasteiger partial charge in [-0.05, 0) is 38.1 Å². The maximum absolute atomic E-state index is 12.3. The monoisotopic (exact) mass is 338 g/mol. The molecule has 1 atom stereocenters. The molecule has 2 rings (SSSR count). The molecule has 1 N–H and O–H groups in total. The van der Waals surface area contributed by atoms with E-state index in [0.29, 0.717) is 10.7 Å². The molecule has 1 aromatic rings. The fraction of sp³-hybridized carbons (Fsp3) is 0.438. The first-order valence-corrected chi connectivity index (χ1v) is 7.59. The lowest BCUT2D eigenvalue weighted by molar-refractivity contribution is -0.149. The van der Waals surface area contributed by atoms with Gasteiger partial charge < -0.3 is 15.0 Å². The second-order valence-electron chi connectivity index (χ2n) is 5.99. The van der Waals surface area contributed by atoms with Crippen LogP contribution in [-0.2, 0) is 19.1 Å². The third kappa shape index (κ3) is 3.82. The van der Waals surface area contributed by atoms with Gasteiger partial charge >= 0.3 is 5.97 Å². The van der Waals surface area contributed by atoms with Crippen molar-refractivity contribution in [2.75, 3.05) is 18.6 Å². The van der Waals surface area contributed by atoms with Crippen LogP contribution < -0.4 is 10.2 Å². The van der Waals surface area contributed by atoms with Gasteiger partial charge in [-0.2, -0.15) is 0 Å². The fourth-order valence-corrected chi connectivity index (χ4v) is 2.60. The highest BCUT2D eigenvalue weighted by atomic mass is 35.5. The molecule has 0 unspecified atom stereocenters. The van der Waals surface area contributed by atoms with Crippen LogP contribution in [0.5, 0.6) is 0 Å². The zero-order valence-corrected chi connectivity index (χ0v) is 14.0. The summed E-state index contributed by atoms with van der Waals surface area (Å²) in [7, 11) is 1.26. The van der Waals surface area contributed by atoms with Gasteiger partial charge in [-0.1, -0.05) is 11.6 Å². The lowest BCUT2D eigenvalue weighted by Crippen LogP contribution is -2.52. The minimum Gasteiger partial charge on any atom is -0.467 e. The van der Waals surface area contributed by atoms with E-state index in [2.05, 4.69) is 10.1 Å². The van der Waals surface area contributed by atoms with Gasteiger partial charge in [0.1, 0.15) is 5.54 Å². The molecular formula is C16H19ClN2O4. The molecule has 1 aliphatic rings. The molecule has 0 aromatic heterocycles. The lowest BCUT2D eigenvalue weighted by atomic mass is 10.0. The van der Waals surface area contributed by atoms with Crippen molar-refractivity contribution < 1.29 is 19.1 Å². The van der Waals surface area contributed by atoms with E-state index in [1.165, 1.54) is 7.11 Å². The van der Waals surface area contributed by atoms with Crippen LogP contribution in [0.3, 0.4) is 0 Å². The number of ether oxygens (including phenoxy) is 1. The van der Waals surface area contributed by atoms with Crippen LogP contribution in [0, 0.1) is 5.92 Å². The summed E-state index contributed by atoms with van der Waals surface area (Å²) in [5, 5.41) is 3.22. The molecule has 0 radical (unpaired) electrons. The van der Waals surface area contributed by atoms with E-state index in [1.54, 1.807) is 43.0 Å². The van der Waals surface area contributed by atoms with Crippen LogP contribution in [0.4, 0.5) is 5.69 Å². The minimum atomic E-state index is -1.14. The summed E-state index contributed by atoms with van der Waals surface area (Å²) < 4.78 is 4.66. The molecule has 0 aliphatic carbocycles. The summed E-state index contributed by atoms with van der Waals surface area (Å²) in [5.74, 6) is -1.53. The van der Waals surface area contributed by atoms with E-state index in [9.17, 15) is 14.4 Å². The van der Waals surface area contributed by atoms with Crippen molar-refractivity contribution in [2.45, 2.75) is 25.8 Å². The average Bonchev–Trinajstić information content (AvgIpc) is 2.89. The summed E-state index contributed by atoms with van der Waals surface area (Å²) in [4.78, 5) is 37.7. The Morgan fingerprint density at radius 2 is 1.91 bits per heavy atom. The molecule has 0 spiro atoms. The predicted octanol–water partition coefficient (Wildman–Crippen LogP) is 1.76. The quantitative estimate of drug-likeness (QED) is 0.849. The largest absolute Gasteiger partial charge is 0.467 e. The van der Waals surface area contributed by atoms with Gasteiger partial charge in [-0.15, -0.1) is 0 Å². The second kappa shape index (κ2) is 6.58. The molecular weight excluding hydrogens is 320 g/mol. The number of halogens is 1. The van der Waals surface area contributed by atoms with Gasteiger partial charge in [0.2, 0.25) is 11.8 Å². The first kappa shape index (κ1) is 17.3. The number of carbonyl (C=O) groups excluding carboxylic acids is 3. The Morgan fingerprint density at radius 1 is 1.30 bits per heavy atom. The highest BCUT2D eigenvalue weighted by Gasteiger charge is 2.39. The fourth-order valence-electron chi connectivity index (χ4n) is 2.47. The van der Waals surface area contributed by atoms with Crippen LogP contribution in [0.2, 0.25) is 5.02 Å². The third-order valence-electron chi connectivity index (χ3n) is 3.77. The first-order chi connectivity index (χ1) is 10.7. The summed E-state index contributed by atoms with van der Waals surface area (Å²) in [5.41, 5.74) is -0.440. The summed E-state index contributed by atoms with van der Waals surface area (Å²) in [6.45, 7) is 3.39. The number of nitrogens with zero attached hydrogens (tertiary/aromatic N) is 1. The number of hydrogen-bond acceptors (Lipinski definition) is 4. The Hall–Kier alpha value is -2.08. The molecule has 0 saturated carbocycles. The van der Waals surface area contributed by atoms with Gasteiger partial charge in [0.25, 0.3) is 0 Å². The van der Waals surface area contributed by atoms with Crippen LogP contribution >= 0.6 is 11.6 Å². The van der Waals surface area contributed by atoms with Crippen molar-refractivity contribution >= 4 is 35.1 Å². The third-order valence-corrected chi connectivity index (χ3v) is 4.02. The number of anilines is 1. The molecule has 1 heterocycles. The zero-order chi connectivity index (χ0) is 17.2. The Kier molecular flexibility index (Phi) is 4.94. The van der Waals surface area contributed by atoms with Crippen molar-refractivity contribution in [3.05, 3.63) is 29.3 Å². The van der Waals surface area contributed by atoms with Gasteiger partial charge in [-0.3, -0.25) is 9.59 Å². The van der Waals surface area contributed by atoms with Crippen molar-refractivity contribution in [3.63, 3.8) is 0 Å². The highest BCUT2D eigenvalue weighted by molar-refractivity contribution is 6.30. The smallest absolute Gasteiger partial charge is 0.330 e. The van der Waals surface area contributed by atoms with Gasteiger partial charge in [-0.25, -0.2) is 4.79 Å². The van der Waals surface area contributed by atoms with Gasteiger partial charge in [0.15, 0.2) is 0 Å². The summed E-state index contributed by atoms with van der Waals surface area (Å²) in [6.07, 6.45) is 0.103. The molecule has 1 saturated heterocycles. The number of esters is 1. The van der Waals surface area contributed by atoms with E-state index >= 15 is 0 Å². The lowest BCUT2D eigenvalue weighted by Gasteiger charge is -2.25. The topological polar surface area (TPSA) is 75.7 Å². The highest BCUT2D eigenvalue weighted by Crippen LogP contribution is 2.26. The van der Waals surface area contributed by atoms with Crippen LogP contribution in [0.1, 0.15) is 20.3 Å². The molecule has 23 heavy (non-hydrogen) atoms. The summed E-state index contributed by atoms with van der Waals surface area (Å²) in [6, 6.07) is 6.85. The van der Waals surface area contributed by atoms with Crippen LogP contribution in [0.25, 0.3) is 0 Å². The number of hydrogen-bond donors (Lipinski definition) is 1.